The summed E-state index contributed by atoms with van der Waals surface area (Å²) < 4.78 is 5.21. The summed E-state index contributed by atoms with van der Waals surface area (Å²) in [5, 5.41) is 5.03. The second kappa shape index (κ2) is 26.9. The maximum Gasteiger partial charge on any atom is 0.252 e. The van der Waals surface area contributed by atoms with Crippen LogP contribution in [0.25, 0.3) is 122 Å². The normalized spacial score (nSPS) is 13.9. The fourth-order valence-electron chi connectivity index (χ4n) is 21.3. The molecule has 122 heavy (non-hydrogen) atoms. The van der Waals surface area contributed by atoms with Crippen LogP contribution in [-0.4, -0.2) is 15.8 Å². The zero-order valence-electron chi connectivity index (χ0n) is 72.7. The number of fused-ring (bicyclic) bond motifs is 21. The molecule has 0 atom stereocenters. The summed E-state index contributed by atoms with van der Waals surface area (Å²) in [6.45, 7) is 35.3. The summed E-state index contributed by atoms with van der Waals surface area (Å²) in [4.78, 5) is 5.54. The predicted octanol–water partition coefficient (Wildman–Crippen LogP) is 29.5. The van der Waals surface area contributed by atoms with E-state index in [0.717, 1.165) is 73.3 Å². The Balaban J connectivity index is 0.904. The molecule has 1 spiro atoms. The Morgan fingerprint density at radius 1 is 0.238 bits per heavy atom. The minimum atomic E-state index is -0.582. The van der Waals surface area contributed by atoms with Crippen LogP contribution in [0.2, 0.25) is 0 Å². The zero-order valence-corrected chi connectivity index (χ0v) is 72.7. The smallest absolute Gasteiger partial charge is 0.252 e. The number of hydrogen-bond acceptors (Lipinski definition) is 2. The van der Waals surface area contributed by atoms with Crippen molar-refractivity contribution in [1.82, 2.24) is 9.13 Å². The first-order chi connectivity index (χ1) is 58.7. The molecule has 22 rings (SSSR count). The number of benzene rings is 16. The van der Waals surface area contributed by atoms with Gasteiger partial charge in [0.05, 0.1) is 38.9 Å². The van der Waals surface area contributed by atoms with Crippen molar-refractivity contribution in [2.24, 2.45) is 0 Å². The number of hydrogen-bond donors (Lipinski definition) is 0. The van der Waals surface area contributed by atoms with Gasteiger partial charge in [-0.2, -0.15) is 0 Å². The van der Waals surface area contributed by atoms with Crippen LogP contribution < -0.4 is 26.2 Å². The highest BCUT2D eigenvalue weighted by Gasteiger charge is 2.54. The first-order valence-electron chi connectivity index (χ1n) is 43.8. The predicted molar refractivity (Wildman–Crippen MR) is 521 cm³/mol. The van der Waals surface area contributed by atoms with Gasteiger partial charge in [0.2, 0.25) is 0 Å². The molecule has 0 amide bonds. The van der Waals surface area contributed by atoms with Gasteiger partial charge in [0.1, 0.15) is 0 Å². The van der Waals surface area contributed by atoms with E-state index < -0.39 is 5.41 Å². The van der Waals surface area contributed by atoms with Gasteiger partial charge in [0, 0.05) is 77.9 Å². The van der Waals surface area contributed by atoms with Crippen LogP contribution in [0.3, 0.4) is 0 Å². The van der Waals surface area contributed by atoms with Crippen molar-refractivity contribution in [3.63, 3.8) is 0 Å². The summed E-state index contributed by atoms with van der Waals surface area (Å²) >= 11 is 0. The molecule has 0 unspecified atom stereocenters. The molecule has 5 heteroatoms. The van der Waals surface area contributed by atoms with Crippen LogP contribution in [0.1, 0.15) is 154 Å². The molecule has 2 aliphatic carbocycles. The van der Waals surface area contributed by atoms with E-state index in [0.29, 0.717) is 0 Å². The van der Waals surface area contributed by atoms with Gasteiger partial charge in [-0.1, -0.05) is 347 Å². The number of aromatic nitrogens is 2. The van der Waals surface area contributed by atoms with Crippen molar-refractivity contribution >= 4 is 101 Å². The largest absolute Gasteiger partial charge is 0.310 e. The van der Waals surface area contributed by atoms with Crippen molar-refractivity contribution in [3.05, 3.63) is 390 Å². The van der Waals surface area contributed by atoms with Gasteiger partial charge in [0.15, 0.2) is 0 Å². The van der Waals surface area contributed by atoms with E-state index >= 15 is 0 Å². The van der Waals surface area contributed by atoms with Crippen LogP contribution in [0.4, 0.5) is 34.1 Å². The lowest BCUT2D eigenvalue weighted by Gasteiger charge is -2.47. The Bertz CT molecular complexity index is 7130. The summed E-state index contributed by atoms with van der Waals surface area (Å²) in [5.74, 6) is 0. The first kappa shape index (κ1) is 75.0. The average molecular weight is 1570 g/mol. The summed E-state index contributed by atoms with van der Waals surface area (Å²) in [6, 6.07) is 132. The van der Waals surface area contributed by atoms with Crippen LogP contribution in [0.15, 0.2) is 340 Å². The standard InChI is InChI=1S/C117H101BN4/c1-112(2,3)76-52-59-100-92(62-76)93-63-77(113(4,5)6)53-60-101(93)119(100)81-54-57-97-103(70-81)121(110-88(72-36-20-16-21-37-72)64-78(114(7,8)9)65-89(110)73-38-22-17-23-39-73)105-68-80(116(13,14)15)69-106-109(105)118(97)98-58-55-82(71-104(98)122(106)111-90(74-40-24-18-25-41-74)66-79(115(10,11)12)67-91(111)75-42-26-19-27-43-75)120-99-51-35-31-47-87(99)107-102(120)61-56-86-85-46-30-34-50-96(85)117(108(86)107)94-48-32-28-44-83(94)84-45-29-33-49-95(84)117/h16-71H,1-15H3. The maximum atomic E-state index is 2.77. The fraction of sp³-hybridized carbons (Fsp3) is 0.179. The highest BCUT2D eigenvalue weighted by atomic mass is 15.2. The first-order valence-corrected chi connectivity index (χ1v) is 43.8. The van der Waals surface area contributed by atoms with Crippen molar-refractivity contribution in [3.8, 4) is 78.1 Å². The monoisotopic (exact) mass is 1570 g/mol. The average Bonchev–Trinajstić information content (AvgIpc) is 1.60. The van der Waals surface area contributed by atoms with E-state index in [9.17, 15) is 0 Å². The molecule has 0 radical (unpaired) electrons. The maximum absolute atomic E-state index is 2.77. The van der Waals surface area contributed by atoms with E-state index in [1.165, 1.54) is 149 Å². The van der Waals surface area contributed by atoms with Gasteiger partial charge in [-0.25, -0.2) is 0 Å². The van der Waals surface area contributed by atoms with Crippen LogP contribution in [0, 0.1) is 0 Å². The molecule has 2 aromatic heterocycles. The molecular formula is C117H101BN4. The van der Waals surface area contributed by atoms with E-state index in [4.69, 9.17) is 0 Å². The summed E-state index contributed by atoms with van der Waals surface area (Å²) in [7, 11) is 0. The molecular weight excluding hydrogens is 1470 g/mol. The second-order valence-electron chi connectivity index (χ2n) is 40.0. The van der Waals surface area contributed by atoms with Gasteiger partial charge in [-0.3, -0.25) is 0 Å². The molecule has 4 nitrogen and oxygen atoms in total. The highest BCUT2D eigenvalue weighted by Crippen LogP contribution is 2.66. The van der Waals surface area contributed by atoms with Crippen LogP contribution in [-0.2, 0) is 32.5 Å². The van der Waals surface area contributed by atoms with E-state index in [2.05, 4.69) is 463 Å². The lowest BCUT2D eigenvalue weighted by atomic mass is 9.33. The molecule has 0 saturated carbocycles. The molecule has 2 aliphatic heterocycles. The number of anilines is 6. The lowest BCUT2D eigenvalue weighted by molar-refractivity contribution is 0.590. The molecule has 0 bridgehead atoms. The summed E-state index contributed by atoms with van der Waals surface area (Å²) in [5.41, 5.74) is 42.1. The molecule has 0 saturated heterocycles. The fourth-order valence-corrected chi connectivity index (χ4v) is 21.3. The van der Waals surface area contributed by atoms with Crippen LogP contribution >= 0.6 is 0 Å². The zero-order chi connectivity index (χ0) is 83.6. The van der Waals surface area contributed by atoms with Gasteiger partial charge in [-0.05, 0) is 235 Å². The molecule has 592 valence electrons. The van der Waals surface area contributed by atoms with Crippen molar-refractivity contribution < 1.29 is 0 Å². The highest BCUT2D eigenvalue weighted by molar-refractivity contribution is 7.00. The molecule has 0 fully saturated rings. The van der Waals surface area contributed by atoms with E-state index in [1.807, 2.05) is 0 Å². The van der Waals surface area contributed by atoms with Crippen molar-refractivity contribution in [2.45, 2.75) is 136 Å². The summed E-state index contributed by atoms with van der Waals surface area (Å²) in [6.07, 6.45) is 0. The minimum Gasteiger partial charge on any atom is -0.310 e. The van der Waals surface area contributed by atoms with Crippen LogP contribution in [0.5, 0.6) is 0 Å². The Morgan fingerprint density at radius 3 is 0.959 bits per heavy atom. The number of nitrogens with zero attached hydrogens (tertiary/aromatic N) is 4. The molecule has 16 aromatic carbocycles. The van der Waals surface area contributed by atoms with Gasteiger partial charge in [0.25, 0.3) is 6.71 Å². The minimum absolute atomic E-state index is 0.0743. The van der Waals surface area contributed by atoms with E-state index in [1.54, 1.807) is 0 Å². The third-order valence-electron chi connectivity index (χ3n) is 27.4. The Labute approximate surface area is 719 Å². The quantitative estimate of drug-likeness (QED) is 0.141. The third kappa shape index (κ3) is 11.3. The topological polar surface area (TPSA) is 16.3 Å². The van der Waals surface area contributed by atoms with Crippen molar-refractivity contribution in [2.75, 3.05) is 9.80 Å². The Kier molecular flexibility index (Phi) is 16.5. The molecule has 4 heterocycles. The second-order valence-corrected chi connectivity index (χ2v) is 40.0. The van der Waals surface area contributed by atoms with E-state index in [-0.39, 0.29) is 33.8 Å². The lowest BCUT2D eigenvalue weighted by Crippen LogP contribution is -2.61. The Morgan fingerprint density at radius 2 is 0.566 bits per heavy atom. The number of para-hydroxylation sites is 1. The molecule has 18 aromatic rings. The Hall–Kier alpha value is -13.2. The SMILES string of the molecule is CC(C)(C)c1cc(-c2ccccc2)c(N2c3cc(-n4c5ccc(C(C)(C)C)cc5c5cc(C(C)(C)C)ccc54)ccc3B3c4ccc(-n5c6ccccc6c6c7c(ccc65)-c5ccccc5C75c6ccccc6-c6ccccc65)cc4N(c4c(-c5ccccc5)cc(C(C)(C)C)cc4-c4ccccc4)c4cc(C(C)(C)C)cc2c43)c(-c2ccccc2)c1. The molecule has 0 N–H and O–H groups in total. The van der Waals surface area contributed by atoms with Gasteiger partial charge in [-0.15, -0.1) is 0 Å². The number of rotatable bonds is 8. The van der Waals surface area contributed by atoms with Gasteiger partial charge >= 0.3 is 0 Å². The van der Waals surface area contributed by atoms with Crippen molar-refractivity contribution in [1.29, 1.82) is 0 Å². The third-order valence-corrected chi connectivity index (χ3v) is 27.4. The van der Waals surface area contributed by atoms with Gasteiger partial charge < -0.3 is 18.9 Å². The molecule has 4 aliphatic rings.